The van der Waals surface area contributed by atoms with Gasteiger partial charge in [-0.1, -0.05) is 50.2 Å². The van der Waals surface area contributed by atoms with Crippen molar-refractivity contribution in [3.05, 3.63) is 71.8 Å². The average molecular weight is 298 g/mol. The monoisotopic (exact) mass is 298 g/mol. The summed E-state index contributed by atoms with van der Waals surface area (Å²) in [6.45, 7) is 3.64. The Hall–Kier alpha value is -2.62. The molecule has 0 bridgehead atoms. The summed E-state index contributed by atoms with van der Waals surface area (Å²) in [5.41, 5.74) is 0.841. The fourth-order valence-corrected chi connectivity index (χ4v) is 1.79. The highest BCUT2D eigenvalue weighted by Crippen LogP contribution is 2.14. The first-order valence-corrected chi connectivity index (χ1v) is 7.10. The molecule has 0 heterocycles. The lowest BCUT2D eigenvalue weighted by Gasteiger charge is -2.21. The molecule has 0 aliphatic carbocycles. The van der Waals surface area contributed by atoms with Gasteiger partial charge in [0, 0.05) is 5.92 Å². The number of benzene rings is 2. The zero-order valence-electron chi connectivity index (χ0n) is 12.6. The summed E-state index contributed by atoms with van der Waals surface area (Å²) < 4.78 is 10.6. The first kappa shape index (κ1) is 15.8. The minimum Gasteiger partial charge on any atom is -0.421 e. The van der Waals surface area contributed by atoms with Crippen LogP contribution in [-0.2, 0) is 9.47 Å². The van der Waals surface area contributed by atoms with Crippen LogP contribution in [-0.4, -0.2) is 18.2 Å². The van der Waals surface area contributed by atoms with E-state index in [0.29, 0.717) is 11.1 Å². The van der Waals surface area contributed by atoms with Crippen LogP contribution in [0.25, 0.3) is 0 Å². The zero-order chi connectivity index (χ0) is 15.9. The maximum atomic E-state index is 12.1. The molecule has 4 nitrogen and oxygen atoms in total. The second-order valence-corrected chi connectivity index (χ2v) is 5.16. The van der Waals surface area contributed by atoms with Gasteiger partial charge in [-0.05, 0) is 24.3 Å². The zero-order valence-corrected chi connectivity index (χ0v) is 12.6. The van der Waals surface area contributed by atoms with Gasteiger partial charge in [0.25, 0.3) is 0 Å². The molecule has 0 fully saturated rings. The summed E-state index contributed by atoms with van der Waals surface area (Å²) >= 11 is 0. The molecule has 0 unspecified atom stereocenters. The maximum absolute atomic E-state index is 12.1. The van der Waals surface area contributed by atoms with Gasteiger partial charge in [0.05, 0.1) is 11.1 Å². The lowest BCUT2D eigenvalue weighted by Crippen LogP contribution is -2.29. The number of hydrogen-bond donors (Lipinski definition) is 0. The summed E-state index contributed by atoms with van der Waals surface area (Å²) in [6.07, 6.45) is -0.930. The quantitative estimate of drug-likeness (QED) is 0.624. The highest BCUT2D eigenvalue weighted by atomic mass is 16.7. The molecular weight excluding hydrogens is 280 g/mol. The van der Waals surface area contributed by atoms with Crippen molar-refractivity contribution in [2.45, 2.75) is 20.1 Å². The van der Waals surface area contributed by atoms with Crippen molar-refractivity contribution in [3.63, 3.8) is 0 Å². The van der Waals surface area contributed by atoms with E-state index in [-0.39, 0.29) is 5.92 Å². The number of esters is 2. The molecule has 0 aromatic heterocycles. The maximum Gasteiger partial charge on any atom is 0.341 e. The number of carbonyl (C=O) groups excluding carboxylic acids is 2. The summed E-state index contributed by atoms with van der Waals surface area (Å²) in [5.74, 6) is -1.18. The van der Waals surface area contributed by atoms with E-state index in [0.717, 1.165) is 0 Å². The predicted molar refractivity (Wildman–Crippen MR) is 82.3 cm³/mol. The number of rotatable bonds is 5. The van der Waals surface area contributed by atoms with E-state index in [1.165, 1.54) is 0 Å². The molecule has 0 atom stereocenters. The third-order valence-corrected chi connectivity index (χ3v) is 3.01. The van der Waals surface area contributed by atoms with Crippen LogP contribution < -0.4 is 0 Å². The molecule has 0 radical (unpaired) electrons. The van der Waals surface area contributed by atoms with Gasteiger partial charge in [0.2, 0.25) is 6.29 Å². The summed E-state index contributed by atoms with van der Waals surface area (Å²) in [4.78, 5) is 24.1. The van der Waals surface area contributed by atoms with E-state index in [1.54, 1.807) is 48.5 Å². The van der Waals surface area contributed by atoms with Gasteiger partial charge >= 0.3 is 11.9 Å². The van der Waals surface area contributed by atoms with Crippen LogP contribution in [0.5, 0.6) is 0 Å². The summed E-state index contributed by atoms with van der Waals surface area (Å²) in [6, 6.07) is 17.2. The molecule has 4 heteroatoms. The van der Waals surface area contributed by atoms with Crippen molar-refractivity contribution >= 4 is 11.9 Å². The number of ether oxygens (including phenoxy) is 2. The van der Waals surface area contributed by atoms with E-state index in [9.17, 15) is 9.59 Å². The van der Waals surface area contributed by atoms with Crippen molar-refractivity contribution in [2.75, 3.05) is 0 Å². The van der Waals surface area contributed by atoms with Gasteiger partial charge in [-0.2, -0.15) is 0 Å². The second-order valence-electron chi connectivity index (χ2n) is 5.16. The highest BCUT2D eigenvalue weighted by Gasteiger charge is 2.24. The first-order valence-electron chi connectivity index (χ1n) is 7.10. The molecule has 2 aromatic carbocycles. The van der Waals surface area contributed by atoms with Crippen LogP contribution in [0.1, 0.15) is 34.6 Å². The third-order valence-electron chi connectivity index (χ3n) is 3.01. The molecule has 0 saturated heterocycles. The fourth-order valence-electron chi connectivity index (χ4n) is 1.79. The standard InChI is InChI=1S/C18H18O4/c1-13(2)18(21-16(19)14-9-5-3-6-10-14)22-17(20)15-11-7-4-8-12-15/h3-13,18H,1-2H3. The average Bonchev–Trinajstić information content (AvgIpc) is 2.55. The molecule has 0 aliphatic heterocycles. The van der Waals surface area contributed by atoms with E-state index in [2.05, 4.69) is 0 Å². The molecule has 114 valence electrons. The Morgan fingerprint density at radius 1 is 0.727 bits per heavy atom. The smallest absolute Gasteiger partial charge is 0.341 e. The van der Waals surface area contributed by atoms with E-state index in [4.69, 9.17) is 9.47 Å². The van der Waals surface area contributed by atoms with Gasteiger partial charge in [-0.25, -0.2) is 9.59 Å². The molecular formula is C18H18O4. The van der Waals surface area contributed by atoms with Gasteiger partial charge < -0.3 is 9.47 Å². The van der Waals surface area contributed by atoms with Crippen LogP contribution in [0.4, 0.5) is 0 Å². The number of hydrogen-bond acceptors (Lipinski definition) is 4. The predicted octanol–water partition coefficient (Wildman–Crippen LogP) is 3.68. The van der Waals surface area contributed by atoms with Crippen LogP contribution in [0.2, 0.25) is 0 Å². The van der Waals surface area contributed by atoms with Gasteiger partial charge in [0.15, 0.2) is 0 Å². The Bertz CT molecular complexity index is 567. The lowest BCUT2D eigenvalue weighted by atomic mass is 10.2. The van der Waals surface area contributed by atoms with Gasteiger partial charge in [-0.15, -0.1) is 0 Å². The summed E-state index contributed by atoms with van der Waals surface area (Å²) in [7, 11) is 0. The van der Waals surface area contributed by atoms with E-state index in [1.807, 2.05) is 26.0 Å². The minimum absolute atomic E-state index is 0.152. The molecule has 0 saturated carbocycles. The molecule has 0 amide bonds. The van der Waals surface area contributed by atoms with Crippen LogP contribution in [0, 0.1) is 5.92 Å². The Kier molecular flexibility index (Phi) is 5.31. The largest absolute Gasteiger partial charge is 0.421 e. The van der Waals surface area contributed by atoms with E-state index >= 15 is 0 Å². The lowest BCUT2D eigenvalue weighted by molar-refractivity contribution is -0.102. The van der Waals surface area contributed by atoms with Gasteiger partial charge in [0.1, 0.15) is 0 Å². The Morgan fingerprint density at radius 2 is 1.09 bits per heavy atom. The molecule has 2 rings (SSSR count). The fraction of sp³-hybridized carbons (Fsp3) is 0.222. The number of carbonyl (C=O) groups is 2. The molecule has 0 N–H and O–H groups in total. The Morgan fingerprint density at radius 3 is 1.41 bits per heavy atom. The molecule has 0 aliphatic rings. The first-order chi connectivity index (χ1) is 10.6. The van der Waals surface area contributed by atoms with Gasteiger partial charge in [-0.3, -0.25) is 0 Å². The van der Waals surface area contributed by atoms with Crippen molar-refractivity contribution in [2.24, 2.45) is 5.92 Å². The normalized spacial score (nSPS) is 10.5. The van der Waals surface area contributed by atoms with Crippen LogP contribution in [0.3, 0.4) is 0 Å². The highest BCUT2D eigenvalue weighted by molar-refractivity contribution is 5.91. The van der Waals surface area contributed by atoms with Crippen molar-refractivity contribution in [1.82, 2.24) is 0 Å². The summed E-state index contributed by atoms with van der Waals surface area (Å²) in [5, 5.41) is 0. The second kappa shape index (κ2) is 7.41. The van der Waals surface area contributed by atoms with Crippen LogP contribution in [0.15, 0.2) is 60.7 Å². The molecule has 22 heavy (non-hydrogen) atoms. The minimum atomic E-state index is -0.930. The van der Waals surface area contributed by atoms with Crippen molar-refractivity contribution < 1.29 is 19.1 Å². The SMILES string of the molecule is CC(C)C(OC(=O)c1ccccc1)OC(=O)c1ccccc1. The van der Waals surface area contributed by atoms with Crippen molar-refractivity contribution in [3.8, 4) is 0 Å². The molecule has 0 spiro atoms. The Labute approximate surface area is 129 Å². The topological polar surface area (TPSA) is 52.6 Å². The van der Waals surface area contributed by atoms with Crippen LogP contribution >= 0.6 is 0 Å². The van der Waals surface area contributed by atoms with Crippen molar-refractivity contribution in [1.29, 1.82) is 0 Å². The molecule has 2 aromatic rings. The third kappa shape index (κ3) is 4.19. The van der Waals surface area contributed by atoms with E-state index < -0.39 is 18.2 Å². The Balaban J connectivity index is 2.04.